The molecule has 0 spiro atoms. The van der Waals surface area contributed by atoms with Crippen LogP contribution in [0.4, 0.5) is 5.69 Å². The molecular weight excluding hydrogens is 374 g/mol. The monoisotopic (exact) mass is 393 g/mol. The van der Waals surface area contributed by atoms with Gasteiger partial charge in [-0.25, -0.2) is 4.79 Å². The van der Waals surface area contributed by atoms with Crippen molar-refractivity contribution in [3.05, 3.63) is 83.4 Å². The van der Waals surface area contributed by atoms with Crippen LogP contribution in [-0.4, -0.2) is 32.3 Å². The van der Waals surface area contributed by atoms with Gasteiger partial charge in [0, 0.05) is 19.2 Å². The molecular formula is C23H20ClNO3. The lowest BCUT2D eigenvalue weighted by atomic mass is 10.0. The first-order valence-electron chi connectivity index (χ1n) is 9.20. The zero-order valence-corrected chi connectivity index (χ0v) is 16.1. The van der Waals surface area contributed by atoms with Gasteiger partial charge < -0.3 is 14.4 Å². The Bertz CT molecular complexity index is 969. The van der Waals surface area contributed by atoms with Crippen molar-refractivity contribution >= 4 is 23.3 Å². The molecule has 0 saturated carbocycles. The van der Waals surface area contributed by atoms with Crippen molar-refractivity contribution in [2.75, 3.05) is 31.2 Å². The molecule has 142 valence electrons. The van der Waals surface area contributed by atoms with Gasteiger partial charge in [-0.2, -0.15) is 0 Å². The third kappa shape index (κ3) is 4.19. The van der Waals surface area contributed by atoms with Gasteiger partial charge in [0.1, 0.15) is 5.75 Å². The Morgan fingerprint density at radius 1 is 0.893 bits per heavy atom. The van der Waals surface area contributed by atoms with Crippen LogP contribution in [0.2, 0.25) is 5.02 Å². The Hall–Kier alpha value is -2.82. The van der Waals surface area contributed by atoms with Gasteiger partial charge in [-0.3, -0.25) is 0 Å². The van der Waals surface area contributed by atoms with Crippen LogP contribution in [0, 0.1) is 0 Å². The third-order valence-electron chi connectivity index (χ3n) is 4.69. The van der Waals surface area contributed by atoms with Gasteiger partial charge >= 0.3 is 5.97 Å². The third-order valence-corrected chi connectivity index (χ3v) is 4.99. The van der Waals surface area contributed by atoms with E-state index in [9.17, 15) is 4.79 Å². The number of esters is 1. The maximum atomic E-state index is 12.6. The largest absolute Gasteiger partial charge is 0.423 e. The number of hydrogen-bond acceptors (Lipinski definition) is 4. The predicted molar refractivity (Wildman–Crippen MR) is 111 cm³/mol. The Labute approximate surface area is 169 Å². The van der Waals surface area contributed by atoms with E-state index in [1.54, 1.807) is 18.2 Å². The van der Waals surface area contributed by atoms with Crippen LogP contribution in [0.25, 0.3) is 11.1 Å². The lowest BCUT2D eigenvalue weighted by molar-refractivity contribution is 0.0735. The van der Waals surface area contributed by atoms with Crippen LogP contribution in [-0.2, 0) is 4.74 Å². The summed E-state index contributed by atoms with van der Waals surface area (Å²) in [4.78, 5) is 14.8. The molecule has 1 heterocycles. The van der Waals surface area contributed by atoms with E-state index in [1.807, 2.05) is 54.6 Å². The fourth-order valence-electron chi connectivity index (χ4n) is 3.23. The molecule has 1 aliphatic heterocycles. The molecule has 0 radical (unpaired) electrons. The normalized spacial score (nSPS) is 14.0. The molecule has 3 aromatic rings. The first-order chi connectivity index (χ1) is 13.7. The molecule has 4 nitrogen and oxygen atoms in total. The number of nitrogens with zero attached hydrogens (tertiary/aromatic N) is 1. The highest BCUT2D eigenvalue weighted by molar-refractivity contribution is 6.33. The zero-order valence-electron chi connectivity index (χ0n) is 15.3. The summed E-state index contributed by atoms with van der Waals surface area (Å²) in [5, 5.41) is 0.560. The minimum atomic E-state index is -0.409. The summed E-state index contributed by atoms with van der Waals surface area (Å²) in [6.07, 6.45) is 0. The number of ether oxygens (including phenoxy) is 2. The Morgan fingerprint density at radius 2 is 1.64 bits per heavy atom. The smallest absolute Gasteiger partial charge is 0.343 e. The molecule has 0 N–H and O–H groups in total. The summed E-state index contributed by atoms with van der Waals surface area (Å²) in [7, 11) is 0. The molecule has 5 heteroatoms. The topological polar surface area (TPSA) is 38.8 Å². The lowest BCUT2D eigenvalue weighted by Gasteiger charge is -2.29. The van der Waals surface area contributed by atoms with E-state index in [0.717, 1.165) is 29.9 Å². The van der Waals surface area contributed by atoms with Gasteiger partial charge in [0.05, 0.1) is 29.5 Å². The molecule has 0 atom stereocenters. The van der Waals surface area contributed by atoms with Gasteiger partial charge in [0.25, 0.3) is 0 Å². The summed E-state index contributed by atoms with van der Waals surface area (Å²) >= 11 is 6.42. The average Bonchev–Trinajstić information content (AvgIpc) is 2.75. The van der Waals surface area contributed by atoms with Gasteiger partial charge in [0.2, 0.25) is 0 Å². The maximum Gasteiger partial charge on any atom is 0.343 e. The van der Waals surface area contributed by atoms with E-state index < -0.39 is 5.97 Å². The fraction of sp³-hybridized carbons (Fsp3) is 0.174. The van der Waals surface area contributed by atoms with Crippen LogP contribution < -0.4 is 9.64 Å². The first kappa shape index (κ1) is 18.5. The quantitative estimate of drug-likeness (QED) is 0.458. The number of morpholine rings is 1. The highest BCUT2D eigenvalue weighted by atomic mass is 35.5. The molecule has 3 aromatic carbocycles. The SMILES string of the molecule is O=C(Oc1ccc(N2CCOCC2)c(Cl)c1)c1cccc(-c2ccccc2)c1. The minimum Gasteiger partial charge on any atom is -0.423 e. The van der Waals surface area contributed by atoms with Crippen molar-refractivity contribution in [1.29, 1.82) is 0 Å². The number of anilines is 1. The van der Waals surface area contributed by atoms with E-state index >= 15 is 0 Å². The molecule has 0 amide bonds. The van der Waals surface area contributed by atoms with Crippen molar-refractivity contribution in [3.63, 3.8) is 0 Å². The highest BCUT2D eigenvalue weighted by Crippen LogP contribution is 2.31. The van der Waals surface area contributed by atoms with Crippen LogP contribution in [0.5, 0.6) is 5.75 Å². The molecule has 4 rings (SSSR count). The number of carbonyl (C=O) groups is 1. The Kier molecular flexibility index (Phi) is 5.60. The second-order valence-electron chi connectivity index (χ2n) is 6.55. The molecule has 0 aromatic heterocycles. The molecule has 0 bridgehead atoms. The fourth-order valence-corrected chi connectivity index (χ4v) is 3.52. The Morgan fingerprint density at radius 3 is 2.39 bits per heavy atom. The first-order valence-corrected chi connectivity index (χ1v) is 9.58. The van der Waals surface area contributed by atoms with Crippen LogP contribution in [0.1, 0.15) is 10.4 Å². The summed E-state index contributed by atoms with van der Waals surface area (Å²) in [6, 6.07) is 22.7. The summed E-state index contributed by atoms with van der Waals surface area (Å²) < 4.78 is 10.9. The van der Waals surface area contributed by atoms with Crippen LogP contribution >= 0.6 is 11.6 Å². The second-order valence-corrected chi connectivity index (χ2v) is 6.96. The Balaban J connectivity index is 1.50. The molecule has 0 unspecified atom stereocenters. The minimum absolute atomic E-state index is 0.409. The second kappa shape index (κ2) is 8.46. The van der Waals surface area contributed by atoms with Crippen molar-refractivity contribution < 1.29 is 14.3 Å². The number of halogens is 1. The van der Waals surface area contributed by atoms with Crippen molar-refractivity contribution in [3.8, 4) is 16.9 Å². The molecule has 1 fully saturated rings. The number of carbonyl (C=O) groups excluding carboxylic acids is 1. The van der Waals surface area contributed by atoms with Gasteiger partial charge in [-0.05, 0) is 35.4 Å². The summed E-state index contributed by atoms with van der Waals surface area (Å²) in [6.45, 7) is 2.96. The van der Waals surface area contributed by atoms with Crippen LogP contribution in [0.3, 0.4) is 0 Å². The highest BCUT2D eigenvalue weighted by Gasteiger charge is 2.16. The predicted octanol–water partition coefficient (Wildman–Crippen LogP) is 5.06. The van der Waals surface area contributed by atoms with E-state index in [0.29, 0.717) is 29.5 Å². The van der Waals surface area contributed by atoms with E-state index in [4.69, 9.17) is 21.1 Å². The summed E-state index contributed by atoms with van der Waals surface area (Å²) in [5.74, 6) is 0.0186. The van der Waals surface area contributed by atoms with Crippen molar-refractivity contribution in [2.24, 2.45) is 0 Å². The van der Waals surface area contributed by atoms with E-state index in [1.165, 1.54) is 0 Å². The zero-order chi connectivity index (χ0) is 19.3. The summed E-state index contributed by atoms with van der Waals surface area (Å²) in [5.41, 5.74) is 3.44. The van der Waals surface area contributed by atoms with Gasteiger partial charge in [-0.15, -0.1) is 0 Å². The molecule has 1 aliphatic rings. The number of hydrogen-bond donors (Lipinski definition) is 0. The molecule has 28 heavy (non-hydrogen) atoms. The van der Waals surface area contributed by atoms with Gasteiger partial charge in [0.15, 0.2) is 0 Å². The lowest BCUT2D eigenvalue weighted by Crippen LogP contribution is -2.36. The van der Waals surface area contributed by atoms with Gasteiger partial charge in [-0.1, -0.05) is 54.1 Å². The van der Waals surface area contributed by atoms with E-state index in [-0.39, 0.29) is 0 Å². The average molecular weight is 394 g/mol. The van der Waals surface area contributed by atoms with Crippen LogP contribution in [0.15, 0.2) is 72.8 Å². The number of rotatable bonds is 4. The maximum absolute atomic E-state index is 12.6. The number of benzene rings is 3. The van der Waals surface area contributed by atoms with E-state index in [2.05, 4.69) is 4.90 Å². The standard InChI is InChI=1S/C23H20ClNO3/c24-21-16-20(9-10-22(21)25-11-13-27-14-12-25)28-23(26)19-8-4-7-18(15-19)17-5-2-1-3-6-17/h1-10,15-16H,11-14H2. The van der Waals surface area contributed by atoms with Crippen molar-refractivity contribution in [2.45, 2.75) is 0 Å². The molecule has 1 saturated heterocycles. The molecule has 0 aliphatic carbocycles. The van der Waals surface area contributed by atoms with Crippen molar-refractivity contribution in [1.82, 2.24) is 0 Å².